The molecule has 2 aromatic carbocycles. The minimum atomic E-state index is -0.845. The minimum absolute atomic E-state index is 0.0566. The number of carbonyl (C=O) groups excluding carboxylic acids is 3. The van der Waals surface area contributed by atoms with Gasteiger partial charge in [0.25, 0.3) is 5.89 Å². The topological polar surface area (TPSA) is 123 Å². The molecule has 3 aromatic rings. The number of hydrogen-bond acceptors (Lipinski definition) is 7. The van der Waals surface area contributed by atoms with Gasteiger partial charge in [-0.2, -0.15) is 0 Å². The van der Waals surface area contributed by atoms with Gasteiger partial charge in [0.2, 0.25) is 11.7 Å². The molecule has 0 spiro atoms. The zero-order valence-corrected chi connectivity index (χ0v) is 19.4. The van der Waals surface area contributed by atoms with Crippen LogP contribution in [0.4, 0.5) is 4.79 Å². The first kappa shape index (κ1) is 24.6. The van der Waals surface area contributed by atoms with Gasteiger partial charge >= 0.3 is 6.09 Å². The Kier molecular flexibility index (Phi) is 8.50. The summed E-state index contributed by atoms with van der Waals surface area (Å²) in [7, 11) is 0. The summed E-state index contributed by atoms with van der Waals surface area (Å²) >= 11 is 0. The van der Waals surface area contributed by atoms with Crippen LogP contribution in [-0.4, -0.2) is 47.3 Å². The average molecular weight is 465 g/mol. The summed E-state index contributed by atoms with van der Waals surface area (Å²) in [6.07, 6.45) is 0.0221. The molecule has 34 heavy (non-hydrogen) atoms. The molecule has 0 radical (unpaired) electrons. The lowest BCUT2D eigenvalue weighted by Gasteiger charge is -2.18. The van der Waals surface area contributed by atoms with Crippen molar-refractivity contribution in [2.75, 3.05) is 6.61 Å². The molecule has 1 aromatic heterocycles. The minimum Gasteiger partial charge on any atom is -0.450 e. The van der Waals surface area contributed by atoms with Gasteiger partial charge in [-0.05, 0) is 31.9 Å². The average Bonchev–Trinajstić information content (AvgIpc) is 3.29. The second-order valence-corrected chi connectivity index (χ2v) is 7.43. The predicted octanol–water partition coefficient (Wildman–Crippen LogP) is 3.88. The Bertz CT molecular complexity index is 1140. The smallest absolute Gasteiger partial charge is 0.412 e. The van der Waals surface area contributed by atoms with Crippen molar-refractivity contribution in [2.24, 2.45) is 4.99 Å². The van der Waals surface area contributed by atoms with E-state index in [1.807, 2.05) is 6.07 Å². The fourth-order valence-corrected chi connectivity index (χ4v) is 3.28. The van der Waals surface area contributed by atoms with Gasteiger partial charge in [0.1, 0.15) is 17.4 Å². The molecule has 0 saturated carbocycles. The van der Waals surface area contributed by atoms with E-state index in [1.165, 1.54) is 0 Å². The van der Waals surface area contributed by atoms with Crippen LogP contribution in [0, 0.1) is 0 Å². The fraction of sp³-hybridized carbons (Fsp3) is 0.320. The number of ketones is 1. The summed E-state index contributed by atoms with van der Waals surface area (Å²) in [6.45, 7) is 5.47. The van der Waals surface area contributed by atoms with E-state index in [2.05, 4.69) is 20.6 Å². The molecular formula is C25H28N4O5. The summed E-state index contributed by atoms with van der Waals surface area (Å²) in [5, 5.41) is 5.36. The molecule has 0 bridgehead atoms. The number of amidine groups is 1. The van der Waals surface area contributed by atoms with Crippen LogP contribution < -0.4 is 10.6 Å². The van der Waals surface area contributed by atoms with Crippen molar-refractivity contribution in [3.05, 3.63) is 66.1 Å². The van der Waals surface area contributed by atoms with E-state index in [4.69, 9.17) is 9.15 Å². The van der Waals surface area contributed by atoms with E-state index >= 15 is 0 Å². The van der Waals surface area contributed by atoms with E-state index < -0.39 is 29.9 Å². The maximum absolute atomic E-state index is 13.1. The van der Waals surface area contributed by atoms with Gasteiger partial charge in [-0.3, -0.25) is 19.9 Å². The summed E-state index contributed by atoms with van der Waals surface area (Å²) in [6, 6.07) is 14.3. The van der Waals surface area contributed by atoms with Crippen LogP contribution >= 0.6 is 0 Å². The van der Waals surface area contributed by atoms with Crippen molar-refractivity contribution in [3.8, 4) is 0 Å². The summed E-state index contributed by atoms with van der Waals surface area (Å²) < 4.78 is 10.5. The van der Waals surface area contributed by atoms with Crippen LogP contribution in [0.5, 0.6) is 0 Å². The Balaban J connectivity index is 1.80. The van der Waals surface area contributed by atoms with Crippen molar-refractivity contribution in [1.29, 1.82) is 0 Å². The van der Waals surface area contributed by atoms with Crippen molar-refractivity contribution in [1.82, 2.24) is 15.6 Å². The van der Waals surface area contributed by atoms with Crippen molar-refractivity contribution < 1.29 is 23.5 Å². The first-order valence-corrected chi connectivity index (χ1v) is 11.2. The van der Waals surface area contributed by atoms with Gasteiger partial charge in [0.15, 0.2) is 5.58 Å². The van der Waals surface area contributed by atoms with Gasteiger partial charge in [0, 0.05) is 5.56 Å². The molecule has 178 valence electrons. The number of para-hydroxylation sites is 2. The first-order chi connectivity index (χ1) is 16.5. The SMILES string of the molecule is CCOC(=O)NC(=N[C@@H](CC)C(=O)N[C@@H](CC)C(=O)c1nc2ccccc2o1)c1ccccc1. The molecule has 0 saturated heterocycles. The fourth-order valence-electron chi connectivity index (χ4n) is 3.28. The van der Waals surface area contributed by atoms with Crippen LogP contribution in [0.25, 0.3) is 11.1 Å². The number of benzene rings is 2. The second kappa shape index (κ2) is 11.7. The number of hydrogen-bond donors (Lipinski definition) is 2. The van der Waals surface area contributed by atoms with Crippen LogP contribution in [-0.2, 0) is 9.53 Å². The Morgan fingerprint density at radius 1 is 1.00 bits per heavy atom. The zero-order valence-electron chi connectivity index (χ0n) is 19.4. The molecule has 1 heterocycles. The summed E-state index contributed by atoms with van der Waals surface area (Å²) in [4.78, 5) is 46.8. The van der Waals surface area contributed by atoms with Crippen LogP contribution in [0.3, 0.4) is 0 Å². The van der Waals surface area contributed by atoms with Gasteiger partial charge < -0.3 is 14.5 Å². The van der Waals surface area contributed by atoms with E-state index in [0.29, 0.717) is 29.5 Å². The lowest BCUT2D eigenvalue weighted by atomic mass is 10.1. The highest BCUT2D eigenvalue weighted by Gasteiger charge is 2.28. The number of aromatic nitrogens is 1. The van der Waals surface area contributed by atoms with Gasteiger partial charge in [-0.1, -0.05) is 56.3 Å². The number of rotatable bonds is 9. The molecule has 9 nitrogen and oxygen atoms in total. The van der Waals surface area contributed by atoms with E-state index in [0.717, 1.165) is 0 Å². The number of ether oxygens (including phenoxy) is 1. The third-order valence-corrected chi connectivity index (χ3v) is 5.06. The van der Waals surface area contributed by atoms with Crippen LogP contribution in [0.1, 0.15) is 49.9 Å². The van der Waals surface area contributed by atoms with E-state index in [1.54, 1.807) is 69.3 Å². The monoisotopic (exact) mass is 464 g/mol. The number of oxazole rings is 1. The van der Waals surface area contributed by atoms with Crippen molar-refractivity contribution in [2.45, 2.75) is 45.7 Å². The molecule has 0 aliphatic heterocycles. The molecule has 0 aliphatic carbocycles. The Hall–Kier alpha value is -4.01. The third kappa shape index (κ3) is 6.06. The quantitative estimate of drug-likeness (QED) is 0.281. The number of fused-ring (bicyclic) bond motifs is 1. The molecule has 3 rings (SSSR count). The number of Topliss-reactive ketones (excluding diaryl/α,β-unsaturated/α-hetero) is 1. The molecular weight excluding hydrogens is 436 g/mol. The van der Waals surface area contributed by atoms with E-state index in [-0.39, 0.29) is 18.3 Å². The molecule has 0 unspecified atom stereocenters. The number of alkyl carbamates (subject to hydrolysis) is 1. The third-order valence-electron chi connectivity index (χ3n) is 5.06. The molecule has 0 aliphatic rings. The van der Waals surface area contributed by atoms with Gasteiger partial charge in [-0.25, -0.2) is 9.78 Å². The largest absolute Gasteiger partial charge is 0.450 e. The lowest BCUT2D eigenvalue weighted by Crippen LogP contribution is -2.45. The van der Waals surface area contributed by atoms with Crippen LogP contribution in [0.15, 0.2) is 64.0 Å². The normalized spacial score (nSPS) is 13.2. The zero-order chi connectivity index (χ0) is 24.5. The van der Waals surface area contributed by atoms with Crippen molar-refractivity contribution >= 4 is 34.7 Å². The Morgan fingerprint density at radius 2 is 1.71 bits per heavy atom. The molecule has 2 atom stereocenters. The number of nitrogens with zero attached hydrogens (tertiary/aromatic N) is 2. The molecule has 9 heteroatoms. The Labute approximate surface area is 197 Å². The summed E-state index contributed by atoms with van der Waals surface area (Å²) in [5.74, 6) is -0.713. The number of aliphatic imine (C=N–C) groups is 1. The Morgan fingerprint density at radius 3 is 2.35 bits per heavy atom. The van der Waals surface area contributed by atoms with Crippen molar-refractivity contribution in [3.63, 3.8) is 0 Å². The standard InChI is InChI=1S/C25H28N4O5/c1-4-17(21(30)24-28-19-14-10-11-15-20(19)34-24)27-23(31)18(5-2)26-22(29-25(32)33-6-3)16-12-8-7-9-13-16/h7-15,17-18H,4-6H2,1-3H3,(H,27,31)(H,26,29,32)/t17-,18-/m0/s1. The summed E-state index contributed by atoms with van der Waals surface area (Å²) in [5.41, 5.74) is 1.69. The molecule has 2 amide bonds. The number of carbonyl (C=O) groups is 3. The van der Waals surface area contributed by atoms with Gasteiger partial charge in [0.05, 0.1) is 12.6 Å². The van der Waals surface area contributed by atoms with Gasteiger partial charge in [-0.15, -0.1) is 0 Å². The van der Waals surface area contributed by atoms with E-state index in [9.17, 15) is 14.4 Å². The second-order valence-electron chi connectivity index (χ2n) is 7.43. The molecule has 2 N–H and O–H groups in total. The maximum atomic E-state index is 13.1. The predicted molar refractivity (Wildman–Crippen MR) is 128 cm³/mol. The molecule has 0 fully saturated rings. The first-order valence-electron chi connectivity index (χ1n) is 11.2. The number of nitrogens with one attached hydrogen (secondary N) is 2. The number of amides is 2. The highest BCUT2D eigenvalue weighted by atomic mass is 16.5. The highest BCUT2D eigenvalue weighted by molar-refractivity contribution is 6.07. The lowest BCUT2D eigenvalue weighted by molar-refractivity contribution is -0.122. The maximum Gasteiger partial charge on any atom is 0.412 e. The highest BCUT2D eigenvalue weighted by Crippen LogP contribution is 2.17. The van der Waals surface area contributed by atoms with Crippen LogP contribution in [0.2, 0.25) is 0 Å².